The van der Waals surface area contributed by atoms with Crippen molar-refractivity contribution >= 4 is 17.0 Å². The summed E-state index contributed by atoms with van der Waals surface area (Å²) in [6.07, 6.45) is 0. The van der Waals surface area contributed by atoms with Crippen LogP contribution in [0.1, 0.15) is 0 Å². The molecule has 0 saturated carbocycles. The minimum atomic E-state index is 0.553. The standard InChI is InChI=1S/C5H5N5S/c6-3-1-2-11-4(3)5-7-9-10-8-5/h1-2H,6H2,(H,7,8,9,10). The molecular formula is C5H5N5S. The maximum atomic E-state index is 5.62. The van der Waals surface area contributed by atoms with Gasteiger partial charge in [-0.3, -0.25) is 0 Å². The van der Waals surface area contributed by atoms with Crippen molar-refractivity contribution in [1.82, 2.24) is 20.6 Å². The second-order valence-electron chi connectivity index (χ2n) is 1.94. The summed E-state index contributed by atoms with van der Waals surface area (Å²) >= 11 is 1.50. The zero-order valence-electron chi connectivity index (χ0n) is 5.48. The number of thiophene rings is 1. The molecule has 3 N–H and O–H groups in total. The predicted octanol–water partition coefficient (Wildman–Crippen LogP) is 0.510. The van der Waals surface area contributed by atoms with E-state index in [2.05, 4.69) is 20.6 Å². The number of nitrogen functional groups attached to an aromatic ring is 1. The fourth-order valence-electron chi connectivity index (χ4n) is 0.759. The van der Waals surface area contributed by atoms with Crippen LogP contribution in [0, 0.1) is 0 Å². The zero-order chi connectivity index (χ0) is 7.68. The summed E-state index contributed by atoms with van der Waals surface area (Å²) in [5.41, 5.74) is 6.31. The van der Waals surface area contributed by atoms with Crippen molar-refractivity contribution in [2.75, 3.05) is 5.73 Å². The maximum absolute atomic E-state index is 5.62. The normalized spacial score (nSPS) is 10.2. The van der Waals surface area contributed by atoms with Gasteiger partial charge in [-0.25, -0.2) is 0 Å². The van der Waals surface area contributed by atoms with Crippen molar-refractivity contribution in [3.05, 3.63) is 11.4 Å². The molecule has 0 atom stereocenters. The maximum Gasteiger partial charge on any atom is 0.216 e. The van der Waals surface area contributed by atoms with Crippen LogP contribution in [-0.2, 0) is 0 Å². The van der Waals surface area contributed by atoms with Gasteiger partial charge in [0.15, 0.2) is 0 Å². The summed E-state index contributed by atoms with van der Waals surface area (Å²) in [7, 11) is 0. The minimum absolute atomic E-state index is 0.553. The van der Waals surface area contributed by atoms with Crippen molar-refractivity contribution in [2.24, 2.45) is 0 Å². The number of H-pyrrole nitrogens is 1. The topological polar surface area (TPSA) is 80.5 Å². The average Bonchev–Trinajstić information content (AvgIpc) is 2.55. The molecule has 0 aliphatic carbocycles. The molecular weight excluding hydrogens is 162 g/mol. The third kappa shape index (κ3) is 0.966. The van der Waals surface area contributed by atoms with Crippen molar-refractivity contribution < 1.29 is 0 Å². The number of nitrogens with zero attached hydrogens (tertiary/aromatic N) is 3. The third-order valence-corrected chi connectivity index (χ3v) is 2.17. The Balaban J connectivity index is 2.53. The second-order valence-corrected chi connectivity index (χ2v) is 2.86. The van der Waals surface area contributed by atoms with Gasteiger partial charge in [0, 0.05) is 0 Å². The number of tetrazole rings is 1. The van der Waals surface area contributed by atoms with E-state index >= 15 is 0 Å². The number of aromatic nitrogens is 4. The lowest BCUT2D eigenvalue weighted by Crippen LogP contribution is -1.85. The van der Waals surface area contributed by atoms with E-state index in [0.29, 0.717) is 11.5 Å². The first-order chi connectivity index (χ1) is 5.38. The molecule has 0 spiro atoms. The monoisotopic (exact) mass is 167 g/mol. The van der Waals surface area contributed by atoms with E-state index in [9.17, 15) is 0 Å². The Kier molecular flexibility index (Phi) is 1.32. The van der Waals surface area contributed by atoms with E-state index < -0.39 is 0 Å². The van der Waals surface area contributed by atoms with Gasteiger partial charge in [0.2, 0.25) is 5.82 Å². The molecule has 5 nitrogen and oxygen atoms in total. The van der Waals surface area contributed by atoms with Crippen LogP contribution in [0.2, 0.25) is 0 Å². The Hall–Kier alpha value is -1.43. The predicted molar refractivity (Wildman–Crippen MR) is 41.9 cm³/mol. The van der Waals surface area contributed by atoms with E-state index in [-0.39, 0.29) is 0 Å². The van der Waals surface area contributed by atoms with Crippen molar-refractivity contribution in [3.63, 3.8) is 0 Å². The number of rotatable bonds is 1. The van der Waals surface area contributed by atoms with Gasteiger partial charge in [-0.15, -0.1) is 21.5 Å². The first-order valence-electron chi connectivity index (χ1n) is 2.94. The van der Waals surface area contributed by atoms with E-state index in [1.807, 2.05) is 11.4 Å². The molecule has 2 aromatic heterocycles. The molecule has 0 aliphatic rings. The van der Waals surface area contributed by atoms with Gasteiger partial charge in [0.05, 0.1) is 10.6 Å². The van der Waals surface area contributed by atoms with Crippen LogP contribution in [0.4, 0.5) is 5.69 Å². The average molecular weight is 167 g/mol. The SMILES string of the molecule is Nc1ccsc1-c1nn[nH]n1. The summed E-state index contributed by atoms with van der Waals surface area (Å²) in [5, 5.41) is 15.3. The molecule has 11 heavy (non-hydrogen) atoms. The quantitative estimate of drug-likeness (QED) is 0.648. The highest BCUT2D eigenvalue weighted by Crippen LogP contribution is 2.27. The van der Waals surface area contributed by atoms with Crippen LogP contribution in [-0.4, -0.2) is 20.6 Å². The highest BCUT2D eigenvalue weighted by molar-refractivity contribution is 7.14. The third-order valence-electron chi connectivity index (χ3n) is 1.24. The van der Waals surface area contributed by atoms with Crippen LogP contribution in [0.25, 0.3) is 10.7 Å². The molecule has 0 bridgehead atoms. The molecule has 0 unspecified atom stereocenters. The van der Waals surface area contributed by atoms with Gasteiger partial charge in [-0.05, 0) is 16.7 Å². The number of nitrogens with two attached hydrogens (primary N) is 1. The summed E-state index contributed by atoms with van der Waals surface area (Å²) < 4.78 is 0. The fourth-order valence-corrected chi connectivity index (χ4v) is 1.51. The fraction of sp³-hybridized carbons (Fsp3) is 0. The highest BCUT2D eigenvalue weighted by atomic mass is 32.1. The van der Waals surface area contributed by atoms with E-state index in [1.54, 1.807) is 0 Å². The number of hydrogen-bond acceptors (Lipinski definition) is 5. The molecule has 0 fully saturated rings. The van der Waals surface area contributed by atoms with Crippen LogP contribution in [0.15, 0.2) is 11.4 Å². The first-order valence-corrected chi connectivity index (χ1v) is 3.82. The lowest BCUT2D eigenvalue weighted by atomic mass is 10.4. The van der Waals surface area contributed by atoms with Crippen LogP contribution < -0.4 is 5.73 Å². The van der Waals surface area contributed by atoms with Gasteiger partial charge in [0.25, 0.3) is 0 Å². The highest BCUT2D eigenvalue weighted by Gasteiger charge is 2.07. The molecule has 56 valence electrons. The molecule has 2 heterocycles. The second kappa shape index (κ2) is 2.31. The van der Waals surface area contributed by atoms with E-state index in [0.717, 1.165) is 4.88 Å². The van der Waals surface area contributed by atoms with Crippen LogP contribution in [0.5, 0.6) is 0 Å². The molecule has 0 aliphatic heterocycles. The summed E-state index contributed by atoms with van der Waals surface area (Å²) in [4.78, 5) is 0.860. The number of anilines is 1. The Morgan fingerprint density at radius 3 is 3.00 bits per heavy atom. The summed E-state index contributed by atoms with van der Waals surface area (Å²) in [6.45, 7) is 0. The lowest BCUT2D eigenvalue weighted by molar-refractivity contribution is 0.881. The first kappa shape index (κ1) is 6.29. The van der Waals surface area contributed by atoms with Crippen molar-refractivity contribution in [2.45, 2.75) is 0 Å². The van der Waals surface area contributed by atoms with E-state index in [1.165, 1.54) is 11.3 Å². The van der Waals surface area contributed by atoms with E-state index in [4.69, 9.17) is 5.73 Å². The molecule has 2 aromatic rings. The molecule has 0 radical (unpaired) electrons. The van der Waals surface area contributed by atoms with Crippen LogP contribution in [0.3, 0.4) is 0 Å². The molecule has 6 heteroatoms. The molecule has 0 aromatic carbocycles. The Bertz CT molecular complexity index is 337. The van der Waals surface area contributed by atoms with Gasteiger partial charge in [0.1, 0.15) is 0 Å². The Labute approximate surface area is 66.2 Å². The minimum Gasteiger partial charge on any atom is -0.397 e. The van der Waals surface area contributed by atoms with Gasteiger partial charge < -0.3 is 5.73 Å². The van der Waals surface area contributed by atoms with Gasteiger partial charge in [-0.2, -0.15) is 5.21 Å². The van der Waals surface area contributed by atoms with Crippen molar-refractivity contribution in [3.8, 4) is 10.7 Å². The number of aromatic amines is 1. The van der Waals surface area contributed by atoms with Crippen molar-refractivity contribution in [1.29, 1.82) is 0 Å². The smallest absolute Gasteiger partial charge is 0.216 e. The zero-order valence-corrected chi connectivity index (χ0v) is 6.30. The van der Waals surface area contributed by atoms with Crippen LogP contribution >= 0.6 is 11.3 Å². The van der Waals surface area contributed by atoms with Gasteiger partial charge >= 0.3 is 0 Å². The molecule has 2 rings (SSSR count). The molecule has 0 saturated heterocycles. The summed E-state index contributed by atoms with van der Waals surface area (Å²) in [5.74, 6) is 0.553. The number of hydrogen-bond donors (Lipinski definition) is 2. The number of nitrogens with one attached hydrogen (secondary N) is 1. The van der Waals surface area contributed by atoms with Gasteiger partial charge in [-0.1, -0.05) is 0 Å². The summed E-state index contributed by atoms with van der Waals surface area (Å²) in [6, 6.07) is 1.82. The Morgan fingerprint density at radius 1 is 1.55 bits per heavy atom. The largest absolute Gasteiger partial charge is 0.397 e. The Morgan fingerprint density at radius 2 is 2.45 bits per heavy atom. The lowest BCUT2D eigenvalue weighted by Gasteiger charge is -1.87. The molecule has 0 amide bonds.